The zero-order valence-corrected chi connectivity index (χ0v) is 21.4. The number of halogens is 2. The van der Waals surface area contributed by atoms with Crippen LogP contribution in [0.3, 0.4) is 0 Å². The molecule has 0 bridgehead atoms. The first-order valence-electron chi connectivity index (χ1n) is 12.7. The second-order valence-electron chi connectivity index (χ2n) is 9.99. The molecular weight excluding hydrogens is 528 g/mol. The number of amides is 2. The third kappa shape index (κ3) is 4.31. The molecule has 1 aliphatic carbocycles. The molecule has 2 aliphatic rings. The highest BCUT2D eigenvalue weighted by atomic mass is 19.1. The fourth-order valence-electron chi connectivity index (χ4n) is 5.18. The predicted molar refractivity (Wildman–Crippen MR) is 140 cm³/mol. The molecule has 0 radical (unpaired) electrons. The van der Waals surface area contributed by atoms with Crippen molar-refractivity contribution < 1.29 is 32.6 Å². The summed E-state index contributed by atoms with van der Waals surface area (Å²) in [6.07, 6.45) is -0.557. The number of nitrogens with one attached hydrogen (secondary N) is 1. The van der Waals surface area contributed by atoms with Gasteiger partial charge in [-0.2, -0.15) is 0 Å². The van der Waals surface area contributed by atoms with Crippen LogP contribution < -0.4 is 16.6 Å². The Balaban J connectivity index is 1.38. The number of anilines is 1. The maximum Gasteiger partial charge on any atom is 0.407 e. The molecule has 11 nitrogen and oxygen atoms in total. The third-order valence-electron chi connectivity index (χ3n) is 7.34. The number of carbonyl (C=O) groups excluding carboxylic acids is 1. The Kier molecular flexibility index (Phi) is 6.17. The number of hydrogen-bond acceptors (Lipinski definition) is 7. The van der Waals surface area contributed by atoms with E-state index in [1.54, 1.807) is 23.6 Å². The number of nitrogen functional groups attached to an aromatic ring is 1. The number of ether oxygens (including phenoxy) is 1. The van der Waals surface area contributed by atoms with Crippen LogP contribution in [0.2, 0.25) is 0 Å². The smallest absolute Gasteiger partial charge is 0.407 e. The van der Waals surface area contributed by atoms with E-state index in [1.807, 2.05) is 0 Å². The molecule has 0 spiro atoms. The van der Waals surface area contributed by atoms with Crippen LogP contribution in [0.5, 0.6) is 0 Å². The van der Waals surface area contributed by atoms with Crippen LogP contribution in [-0.4, -0.2) is 57.4 Å². The summed E-state index contributed by atoms with van der Waals surface area (Å²) in [5.74, 6) is -1.89. The van der Waals surface area contributed by atoms with Gasteiger partial charge in [0, 0.05) is 29.6 Å². The Bertz CT molecular complexity index is 1760. The van der Waals surface area contributed by atoms with Gasteiger partial charge in [-0.05, 0) is 43.0 Å². The van der Waals surface area contributed by atoms with Gasteiger partial charge in [-0.25, -0.2) is 18.6 Å². The fraction of sp³-hybridized carbons (Fsp3) is 0.333. The van der Waals surface area contributed by atoms with Gasteiger partial charge in [0.1, 0.15) is 11.6 Å². The molecule has 0 unspecified atom stereocenters. The number of morpholine rings is 1. The van der Waals surface area contributed by atoms with Crippen molar-refractivity contribution in [2.24, 2.45) is 0 Å². The number of pyridine rings is 1. The lowest BCUT2D eigenvalue weighted by Crippen LogP contribution is -2.51. The molecule has 208 valence electrons. The van der Waals surface area contributed by atoms with Gasteiger partial charge in [-0.1, -0.05) is 6.07 Å². The fourth-order valence-corrected chi connectivity index (χ4v) is 5.18. The monoisotopic (exact) mass is 553 g/mol. The summed E-state index contributed by atoms with van der Waals surface area (Å²) < 4.78 is 42.0. The Morgan fingerprint density at radius 1 is 1.20 bits per heavy atom. The molecule has 4 N–H and O–H groups in total. The van der Waals surface area contributed by atoms with Gasteiger partial charge in [0.15, 0.2) is 17.2 Å². The second-order valence-corrected chi connectivity index (χ2v) is 9.99. The molecule has 1 atom stereocenters. The summed E-state index contributed by atoms with van der Waals surface area (Å²) in [7, 11) is 0. The summed E-state index contributed by atoms with van der Waals surface area (Å²) in [6, 6.07) is 5.21. The molecule has 4 aromatic rings. The van der Waals surface area contributed by atoms with E-state index in [2.05, 4.69) is 10.3 Å². The zero-order chi connectivity index (χ0) is 28.3. The number of nitrogens with two attached hydrogens (primary N) is 1. The van der Waals surface area contributed by atoms with Crippen molar-refractivity contribution in [1.82, 2.24) is 19.8 Å². The van der Waals surface area contributed by atoms with E-state index < -0.39 is 29.7 Å². The number of oxazole rings is 1. The van der Waals surface area contributed by atoms with Crippen molar-refractivity contribution in [2.45, 2.75) is 38.5 Å². The minimum atomic E-state index is -1.14. The summed E-state index contributed by atoms with van der Waals surface area (Å²) in [4.78, 5) is 42.9. The molecule has 1 aliphatic heterocycles. The van der Waals surface area contributed by atoms with Crippen molar-refractivity contribution in [3.05, 3.63) is 57.7 Å². The number of carboxylic acid groups (broad SMARTS) is 1. The first-order chi connectivity index (χ1) is 19.1. The first kappa shape index (κ1) is 25.7. The quantitative estimate of drug-likeness (QED) is 0.318. The predicted octanol–water partition coefficient (Wildman–Crippen LogP) is 3.31. The lowest BCUT2D eigenvalue weighted by atomic mass is 9.96. The molecule has 6 rings (SSSR count). The number of fused-ring (bicyclic) bond motifs is 3. The van der Waals surface area contributed by atoms with E-state index in [0.29, 0.717) is 22.0 Å². The van der Waals surface area contributed by atoms with E-state index in [4.69, 9.17) is 14.9 Å². The Morgan fingerprint density at radius 3 is 2.70 bits per heavy atom. The topological polar surface area (TPSA) is 153 Å². The Morgan fingerprint density at radius 2 is 1.98 bits per heavy atom. The van der Waals surface area contributed by atoms with Gasteiger partial charge in [0.2, 0.25) is 5.89 Å². The number of nitrogens with zero attached hydrogens (tertiary/aromatic N) is 3. The standard InChI is InChI=1S/C27H25F2N5O6/c1-12-14(16-8-18(29)19(30)9-17(16)28)4-5-15-23(12)34(13-2-3-13)26(36)22-24(15)40-21(32-22)10-31-25(35)20-11-33(27(37)38)6-7-39-20/h4-5,8-9,13,20H,2-3,6-7,10-11,30H2,1H3,(H,31,35)(H,37,38)/t20-/m0/s1. The molecule has 2 aromatic heterocycles. The SMILES string of the molecule is Cc1c(-c2cc(F)c(N)cc2F)ccc2c3oc(CNC(=O)[C@@H]4CN(C(=O)O)CCO4)nc3c(=O)n(C3CC3)c12. The average molecular weight is 554 g/mol. The van der Waals surface area contributed by atoms with E-state index >= 15 is 0 Å². The highest BCUT2D eigenvalue weighted by molar-refractivity contribution is 6.04. The molecule has 1 saturated heterocycles. The highest BCUT2D eigenvalue weighted by Crippen LogP contribution is 2.41. The summed E-state index contributed by atoms with van der Waals surface area (Å²) in [6.45, 7) is 1.74. The van der Waals surface area contributed by atoms with Gasteiger partial charge >= 0.3 is 6.09 Å². The summed E-state index contributed by atoms with van der Waals surface area (Å²) in [5.41, 5.74) is 6.66. The normalized spacial score (nSPS) is 17.5. The van der Waals surface area contributed by atoms with Crippen LogP contribution in [0.25, 0.3) is 33.1 Å². The first-order valence-corrected chi connectivity index (χ1v) is 12.7. The number of hydrogen-bond donors (Lipinski definition) is 3. The second kappa shape index (κ2) is 9.59. The minimum Gasteiger partial charge on any atom is -0.465 e. The van der Waals surface area contributed by atoms with Crippen LogP contribution in [-0.2, 0) is 16.1 Å². The number of aryl methyl sites for hydroxylation is 1. The van der Waals surface area contributed by atoms with Crippen LogP contribution >= 0.6 is 0 Å². The summed E-state index contributed by atoms with van der Waals surface area (Å²) in [5, 5.41) is 12.4. The lowest BCUT2D eigenvalue weighted by Gasteiger charge is -2.29. The van der Waals surface area contributed by atoms with Crippen LogP contribution in [0.15, 0.2) is 33.5 Å². The molecular formula is C27H25F2N5O6. The minimum absolute atomic E-state index is 0.0216. The molecule has 3 heterocycles. The zero-order valence-electron chi connectivity index (χ0n) is 21.4. The summed E-state index contributed by atoms with van der Waals surface area (Å²) >= 11 is 0. The Hall–Kier alpha value is -4.52. The van der Waals surface area contributed by atoms with Gasteiger partial charge in [-0.15, -0.1) is 0 Å². The van der Waals surface area contributed by atoms with E-state index in [-0.39, 0.29) is 66.1 Å². The molecule has 40 heavy (non-hydrogen) atoms. The van der Waals surface area contributed by atoms with Crippen molar-refractivity contribution in [1.29, 1.82) is 0 Å². The van der Waals surface area contributed by atoms with Gasteiger partial charge < -0.3 is 34.8 Å². The van der Waals surface area contributed by atoms with E-state index in [9.17, 15) is 28.3 Å². The Labute approximate surface area is 225 Å². The van der Waals surface area contributed by atoms with E-state index in [0.717, 1.165) is 29.9 Å². The maximum absolute atomic E-state index is 14.8. The van der Waals surface area contributed by atoms with E-state index in [1.165, 1.54) is 0 Å². The van der Waals surface area contributed by atoms with Gasteiger partial charge in [0.05, 0.1) is 30.9 Å². The lowest BCUT2D eigenvalue weighted by molar-refractivity contribution is -0.137. The number of benzene rings is 2. The van der Waals surface area contributed by atoms with Crippen molar-refractivity contribution in [2.75, 3.05) is 25.4 Å². The molecule has 2 fully saturated rings. The van der Waals surface area contributed by atoms with Crippen molar-refractivity contribution in [3.8, 4) is 11.1 Å². The van der Waals surface area contributed by atoms with Crippen LogP contribution in [0.4, 0.5) is 19.3 Å². The third-order valence-corrected chi connectivity index (χ3v) is 7.34. The number of aromatic nitrogens is 2. The molecule has 2 aromatic carbocycles. The maximum atomic E-state index is 14.8. The largest absolute Gasteiger partial charge is 0.465 e. The molecule has 13 heteroatoms. The molecule has 2 amide bonds. The molecule has 1 saturated carbocycles. The van der Waals surface area contributed by atoms with Crippen molar-refractivity contribution >= 4 is 39.7 Å². The average Bonchev–Trinajstić information content (AvgIpc) is 3.67. The number of rotatable bonds is 5. The van der Waals surface area contributed by atoms with Crippen LogP contribution in [0.1, 0.15) is 30.3 Å². The van der Waals surface area contributed by atoms with Crippen LogP contribution in [0, 0.1) is 18.6 Å². The van der Waals surface area contributed by atoms with Gasteiger partial charge in [-0.3, -0.25) is 9.59 Å². The van der Waals surface area contributed by atoms with Crippen molar-refractivity contribution in [3.63, 3.8) is 0 Å². The van der Waals surface area contributed by atoms with Gasteiger partial charge in [0.25, 0.3) is 11.5 Å². The highest BCUT2D eigenvalue weighted by Gasteiger charge is 2.32. The number of carbonyl (C=O) groups is 2.